The van der Waals surface area contributed by atoms with Gasteiger partial charge in [-0.25, -0.2) is 0 Å². The Kier molecular flexibility index (Phi) is 6.87. The molecule has 3 rings (SSSR count). The third-order valence-corrected chi connectivity index (χ3v) is 9.19. The second kappa shape index (κ2) is 8.70. The standard InChI is InChI=1S/C23H41P/c1-3-4-7-11-20-13-14-22-21-12-9-6-5-8-10-18(2)17-19(21)15-16-23(20,22)24/h3,18-22H,1,4-17,24H2,2H3. The van der Waals surface area contributed by atoms with E-state index in [0.717, 1.165) is 29.6 Å². The van der Waals surface area contributed by atoms with E-state index in [9.17, 15) is 0 Å². The lowest BCUT2D eigenvalue weighted by Gasteiger charge is -2.50. The number of unbranched alkanes of at least 4 members (excludes halogenated alkanes) is 1. The van der Waals surface area contributed by atoms with E-state index in [1.54, 1.807) is 0 Å². The zero-order valence-electron chi connectivity index (χ0n) is 16.1. The third-order valence-electron chi connectivity index (χ3n) is 8.00. The largest absolute Gasteiger partial charge is 0.131 e. The minimum atomic E-state index is 0.593. The van der Waals surface area contributed by atoms with E-state index in [1.807, 2.05) is 0 Å². The predicted molar refractivity (Wildman–Crippen MR) is 110 cm³/mol. The molecule has 0 amide bonds. The zero-order valence-corrected chi connectivity index (χ0v) is 17.3. The molecule has 3 saturated carbocycles. The molecule has 0 aromatic carbocycles. The average molecular weight is 349 g/mol. The van der Waals surface area contributed by atoms with Crippen molar-refractivity contribution in [2.24, 2.45) is 29.6 Å². The Hall–Kier alpha value is 0.170. The Labute approximate surface area is 153 Å². The Morgan fingerprint density at radius 2 is 1.83 bits per heavy atom. The minimum Gasteiger partial charge on any atom is -0.131 e. The molecule has 0 N–H and O–H groups in total. The molecule has 0 saturated heterocycles. The molecule has 3 aliphatic rings. The molecule has 0 aromatic rings. The van der Waals surface area contributed by atoms with Gasteiger partial charge in [-0.05, 0) is 92.5 Å². The summed E-state index contributed by atoms with van der Waals surface area (Å²) in [5.74, 6) is 5.05. The molecule has 0 aromatic heterocycles. The van der Waals surface area contributed by atoms with Crippen LogP contribution in [0.15, 0.2) is 12.7 Å². The summed E-state index contributed by atoms with van der Waals surface area (Å²) in [5.41, 5.74) is 0. The summed E-state index contributed by atoms with van der Waals surface area (Å²) < 4.78 is 0. The van der Waals surface area contributed by atoms with E-state index in [-0.39, 0.29) is 0 Å². The number of hydrogen-bond acceptors (Lipinski definition) is 0. The fourth-order valence-electron chi connectivity index (χ4n) is 6.71. The zero-order chi connectivity index (χ0) is 17.0. The molecule has 7 atom stereocenters. The van der Waals surface area contributed by atoms with E-state index in [4.69, 9.17) is 0 Å². The van der Waals surface area contributed by atoms with Gasteiger partial charge in [0.2, 0.25) is 0 Å². The Morgan fingerprint density at radius 3 is 2.62 bits per heavy atom. The fraction of sp³-hybridized carbons (Fsp3) is 0.913. The topological polar surface area (TPSA) is 0 Å². The number of fused-ring (bicyclic) bond motifs is 3. The van der Waals surface area contributed by atoms with E-state index in [2.05, 4.69) is 28.8 Å². The van der Waals surface area contributed by atoms with Crippen molar-refractivity contribution in [2.75, 3.05) is 0 Å². The van der Waals surface area contributed by atoms with E-state index >= 15 is 0 Å². The van der Waals surface area contributed by atoms with Crippen molar-refractivity contribution in [2.45, 2.75) is 102 Å². The van der Waals surface area contributed by atoms with Crippen molar-refractivity contribution >= 4 is 9.24 Å². The molecule has 138 valence electrons. The van der Waals surface area contributed by atoms with Crippen molar-refractivity contribution in [1.82, 2.24) is 0 Å². The summed E-state index contributed by atoms with van der Waals surface area (Å²) >= 11 is 0. The van der Waals surface area contributed by atoms with Gasteiger partial charge < -0.3 is 0 Å². The second-order valence-corrected chi connectivity index (χ2v) is 10.6. The summed E-state index contributed by atoms with van der Waals surface area (Å²) in [6.07, 6.45) is 22.7. The van der Waals surface area contributed by atoms with Gasteiger partial charge in [0.25, 0.3) is 0 Å². The van der Waals surface area contributed by atoms with Crippen molar-refractivity contribution in [3.05, 3.63) is 12.7 Å². The molecule has 0 aliphatic heterocycles. The Morgan fingerprint density at radius 1 is 1.04 bits per heavy atom. The van der Waals surface area contributed by atoms with Gasteiger partial charge in [-0.3, -0.25) is 0 Å². The first-order valence-electron chi connectivity index (χ1n) is 11.0. The summed E-state index contributed by atoms with van der Waals surface area (Å²) in [5, 5.41) is 0.593. The second-order valence-electron chi connectivity index (χ2n) is 9.51. The maximum atomic E-state index is 3.92. The van der Waals surface area contributed by atoms with Gasteiger partial charge in [0.1, 0.15) is 0 Å². The molecule has 3 fully saturated rings. The van der Waals surface area contributed by atoms with Gasteiger partial charge in [0, 0.05) is 0 Å². The molecule has 24 heavy (non-hydrogen) atoms. The molecule has 0 radical (unpaired) electrons. The maximum absolute atomic E-state index is 3.92. The number of allylic oxidation sites excluding steroid dienone is 1. The van der Waals surface area contributed by atoms with E-state index < -0.39 is 0 Å². The highest BCUT2D eigenvalue weighted by atomic mass is 31.0. The van der Waals surface area contributed by atoms with Gasteiger partial charge in [-0.2, -0.15) is 0 Å². The van der Waals surface area contributed by atoms with Crippen LogP contribution < -0.4 is 0 Å². The van der Waals surface area contributed by atoms with Crippen LogP contribution in [-0.2, 0) is 0 Å². The number of rotatable bonds is 4. The van der Waals surface area contributed by atoms with Crippen LogP contribution in [-0.4, -0.2) is 5.16 Å². The third kappa shape index (κ3) is 4.11. The van der Waals surface area contributed by atoms with E-state index in [1.165, 1.54) is 89.9 Å². The normalized spacial score (nSPS) is 43.7. The molecule has 1 heteroatoms. The van der Waals surface area contributed by atoms with Gasteiger partial charge in [-0.1, -0.05) is 45.1 Å². The van der Waals surface area contributed by atoms with Crippen LogP contribution in [0, 0.1) is 29.6 Å². The van der Waals surface area contributed by atoms with Crippen LogP contribution in [0.1, 0.15) is 96.8 Å². The van der Waals surface area contributed by atoms with E-state index in [0.29, 0.717) is 5.16 Å². The van der Waals surface area contributed by atoms with Gasteiger partial charge in [0.05, 0.1) is 0 Å². The lowest BCUT2D eigenvalue weighted by molar-refractivity contribution is 0.0832. The molecule has 0 heterocycles. The van der Waals surface area contributed by atoms with Crippen LogP contribution in [0.4, 0.5) is 0 Å². The SMILES string of the molecule is C=CCCCC1CCC2C3CCCCCCC(C)CC3CCC12P. The smallest absolute Gasteiger partial charge is 0.00910 e. The lowest BCUT2D eigenvalue weighted by Crippen LogP contribution is -2.44. The fourth-order valence-corrected chi connectivity index (χ4v) is 7.63. The van der Waals surface area contributed by atoms with Crippen molar-refractivity contribution < 1.29 is 0 Å². The Bertz CT molecular complexity index is 403. The molecule has 7 unspecified atom stereocenters. The maximum Gasteiger partial charge on any atom is -0.00910 e. The molecule has 3 aliphatic carbocycles. The quantitative estimate of drug-likeness (QED) is 0.282. The highest BCUT2D eigenvalue weighted by Crippen LogP contribution is 2.61. The lowest BCUT2D eigenvalue weighted by atomic mass is 9.61. The van der Waals surface area contributed by atoms with Crippen molar-refractivity contribution in [3.8, 4) is 0 Å². The van der Waals surface area contributed by atoms with Gasteiger partial charge >= 0.3 is 0 Å². The minimum absolute atomic E-state index is 0.593. The molecule has 0 nitrogen and oxygen atoms in total. The monoisotopic (exact) mass is 348 g/mol. The molecular formula is C23H41P. The summed E-state index contributed by atoms with van der Waals surface area (Å²) in [7, 11) is 3.44. The average Bonchev–Trinajstić information content (AvgIpc) is 2.90. The van der Waals surface area contributed by atoms with Gasteiger partial charge in [0.15, 0.2) is 0 Å². The first kappa shape index (κ1) is 18.9. The van der Waals surface area contributed by atoms with Crippen LogP contribution in [0.25, 0.3) is 0 Å². The van der Waals surface area contributed by atoms with Crippen molar-refractivity contribution in [1.29, 1.82) is 0 Å². The van der Waals surface area contributed by atoms with Crippen LogP contribution in [0.5, 0.6) is 0 Å². The molecule has 0 bridgehead atoms. The summed E-state index contributed by atoms with van der Waals surface area (Å²) in [6, 6.07) is 0. The van der Waals surface area contributed by atoms with Crippen LogP contribution in [0.3, 0.4) is 0 Å². The van der Waals surface area contributed by atoms with Crippen LogP contribution in [0.2, 0.25) is 0 Å². The highest BCUT2D eigenvalue weighted by molar-refractivity contribution is 7.19. The number of hydrogen-bond donors (Lipinski definition) is 0. The van der Waals surface area contributed by atoms with Crippen molar-refractivity contribution in [3.63, 3.8) is 0 Å². The van der Waals surface area contributed by atoms with Crippen LogP contribution >= 0.6 is 9.24 Å². The predicted octanol–water partition coefficient (Wildman–Crippen LogP) is 7.39. The summed E-state index contributed by atoms with van der Waals surface area (Å²) in [6.45, 7) is 6.45. The first-order chi connectivity index (χ1) is 11.6. The Balaban J connectivity index is 1.69. The summed E-state index contributed by atoms with van der Waals surface area (Å²) in [4.78, 5) is 0. The highest BCUT2D eigenvalue weighted by Gasteiger charge is 2.53. The first-order valence-corrected chi connectivity index (χ1v) is 11.6. The van der Waals surface area contributed by atoms with Gasteiger partial charge in [-0.15, -0.1) is 15.8 Å². The molecular weight excluding hydrogens is 307 g/mol. The molecule has 0 spiro atoms.